The van der Waals surface area contributed by atoms with Crippen molar-refractivity contribution in [1.82, 2.24) is 4.98 Å². The third-order valence-electron chi connectivity index (χ3n) is 6.21. The molecule has 1 N–H and O–H groups in total. The highest BCUT2D eigenvalue weighted by molar-refractivity contribution is 6.04. The molecule has 0 amide bonds. The highest BCUT2D eigenvalue weighted by atomic mass is 16.5. The summed E-state index contributed by atoms with van der Waals surface area (Å²) < 4.78 is 15.9. The molecule has 0 saturated heterocycles. The van der Waals surface area contributed by atoms with Crippen molar-refractivity contribution in [1.29, 1.82) is 0 Å². The second-order valence-corrected chi connectivity index (χ2v) is 8.21. The van der Waals surface area contributed by atoms with Crippen LogP contribution >= 0.6 is 0 Å². The summed E-state index contributed by atoms with van der Waals surface area (Å²) in [7, 11) is 3.27. The molecule has 1 unspecified atom stereocenters. The Balaban J connectivity index is 1.64. The summed E-state index contributed by atoms with van der Waals surface area (Å²) >= 11 is 0. The molecule has 1 aliphatic carbocycles. The van der Waals surface area contributed by atoms with Gasteiger partial charge in [0.05, 0.1) is 20.8 Å². The first-order valence-corrected chi connectivity index (χ1v) is 11.2. The highest BCUT2D eigenvalue weighted by Crippen LogP contribution is 2.36. The normalized spacial score (nSPS) is 15.1. The van der Waals surface area contributed by atoms with Crippen molar-refractivity contribution >= 4 is 11.8 Å². The number of methoxy groups -OCH3 is 2. The number of aryl methyl sites for hydroxylation is 1. The molecule has 4 rings (SSSR count). The van der Waals surface area contributed by atoms with Crippen LogP contribution in [-0.4, -0.2) is 37.6 Å². The third kappa shape index (κ3) is 4.80. The van der Waals surface area contributed by atoms with Crippen molar-refractivity contribution in [3.63, 3.8) is 0 Å². The molecule has 172 valence electrons. The first-order valence-electron chi connectivity index (χ1n) is 11.2. The number of aromatic amines is 1. The van der Waals surface area contributed by atoms with Gasteiger partial charge in [-0.05, 0) is 73.1 Å². The Morgan fingerprint density at radius 3 is 2.45 bits per heavy atom. The average Bonchev–Trinajstić information content (AvgIpc) is 3.22. The van der Waals surface area contributed by atoms with Gasteiger partial charge in [-0.15, -0.1) is 0 Å². The molecule has 0 aliphatic heterocycles. The Bertz CT molecular complexity index is 1150. The van der Waals surface area contributed by atoms with Crippen LogP contribution in [0.4, 0.5) is 0 Å². The minimum absolute atomic E-state index is 0.0517. The molecule has 2 aromatic carbocycles. The number of rotatable bonds is 8. The lowest BCUT2D eigenvalue weighted by Crippen LogP contribution is -2.19. The topological polar surface area (TPSA) is 77.6 Å². The standard InChI is InChI=1S/C27H29NO5/c1-4-33-27(30)26-22(13-8-17-6-5-7-21(14-17)32-3)25-23(28-26)15-19(16-24(25)29)18-9-11-20(31-2)12-10-18/h5-7,9-12,14,19,28H,4,8,13,15-16H2,1-3H3. The first-order chi connectivity index (χ1) is 16.0. The first kappa shape index (κ1) is 22.6. The lowest BCUT2D eigenvalue weighted by Gasteiger charge is -2.22. The van der Waals surface area contributed by atoms with Crippen molar-refractivity contribution in [3.8, 4) is 11.5 Å². The molecule has 6 heteroatoms. The zero-order chi connectivity index (χ0) is 23.4. The van der Waals surface area contributed by atoms with Crippen molar-refractivity contribution in [2.75, 3.05) is 20.8 Å². The Kier molecular flexibility index (Phi) is 6.82. The van der Waals surface area contributed by atoms with E-state index in [0.29, 0.717) is 36.9 Å². The van der Waals surface area contributed by atoms with Gasteiger partial charge in [-0.1, -0.05) is 24.3 Å². The molecule has 0 saturated carbocycles. The minimum Gasteiger partial charge on any atom is -0.497 e. The van der Waals surface area contributed by atoms with E-state index in [9.17, 15) is 9.59 Å². The van der Waals surface area contributed by atoms with Crippen LogP contribution in [0.5, 0.6) is 11.5 Å². The van der Waals surface area contributed by atoms with Crippen molar-refractivity contribution in [2.45, 2.75) is 38.5 Å². The highest BCUT2D eigenvalue weighted by Gasteiger charge is 2.33. The molecule has 1 atom stereocenters. The van der Waals surface area contributed by atoms with Gasteiger partial charge in [0.15, 0.2) is 5.78 Å². The molecule has 6 nitrogen and oxygen atoms in total. The number of fused-ring (bicyclic) bond motifs is 1. The fourth-order valence-corrected chi connectivity index (χ4v) is 4.57. The number of carbonyl (C=O) groups excluding carboxylic acids is 2. The van der Waals surface area contributed by atoms with E-state index in [1.807, 2.05) is 48.5 Å². The number of carbonyl (C=O) groups is 2. The second kappa shape index (κ2) is 9.94. The van der Waals surface area contributed by atoms with Gasteiger partial charge in [-0.25, -0.2) is 4.79 Å². The lowest BCUT2D eigenvalue weighted by molar-refractivity contribution is 0.0518. The van der Waals surface area contributed by atoms with Crippen molar-refractivity contribution < 1.29 is 23.8 Å². The van der Waals surface area contributed by atoms with Gasteiger partial charge >= 0.3 is 5.97 Å². The molecule has 1 heterocycles. The summed E-state index contributed by atoms with van der Waals surface area (Å²) in [4.78, 5) is 29.3. The van der Waals surface area contributed by atoms with Crippen LogP contribution in [0.1, 0.15) is 62.5 Å². The number of hydrogen-bond acceptors (Lipinski definition) is 5. The predicted molar refractivity (Wildman–Crippen MR) is 126 cm³/mol. The van der Waals surface area contributed by atoms with E-state index in [1.165, 1.54) is 0 Å². The lowest BCUT2D eigenvalue weighted by atomic mass is 9.80. The quantitative estimate of drug-likeness (QED) is 0.497. The van der Waals surface area contributed by atoms with Gasteiger partial charge in [0, 0.05) is 17.7 Å². The van der Waals surface area contributed by atoms with E-state index in [-0.39, 0.29) is 18.3 Å². The van der Waals surface area contributed by atoms with Crippen molar-refractivity contribution in [2.24, 2.45) is 0 Å². The van der Waals surface area contributed by atoms with Crippen LogP contribution in [0.25, 0.3) is 0 Å². The van der Waals surface area contributed by atoms with Gasteiger partial charge in [-0.3, -0.25) is 4.79 Å². The number of hydrogen-bond donors (Lipinski definition) is 1. The molecule has 3 aromatic rings. The predicted octanol–water partition coefficient (Wildman–Crippen LogP) is 4.91. The molecule has 0 fully saturated rings. The summed E-state index contributed by atoms with van der Waals surface area (Å²) in [5, 5.41) is 0. The average molecular weight is 448 g/mol. The Hall–Kier alpha value is -3.54. The number of nitrogens with one attached hydrogen (secondary N) is 1. The Morgan fingerprint density at radius 2 is 1.76 bits per heavy atom. The largest absolute Gasteiger partial charge is 0.497 e. The number of esters is 1. The second-order valence-electron chi connectivity index (χ2n) is 8.21. The van der Waals surface area contributed by atoms with Crippen molar-refractivity contribution in [3.05, 3.63) is 82.2 Å². The van der Waals surface area contributed by atoms with E-state index < -0.39 is 5.97 Å². The fraction of sp³-hybridized carbons (Fsp3) is 0.333. The maximum absolute atomic E-state index is 13.3. The van der Waals surface area contributed by atoms with Gasteiger partial charge in [0.1, 0.15) is 17.2 Å². The van der Waals surface area contributed by atoms with Crippen LogP contribution in [0.3, 0.4) is 0 Å². The fourth-order valence-electron chi connectivity index (χ4n) is 4.57. The zero-order valence-corrected chi connectivity index (χ0v) is 19.3. The number of benzene rings is 2. The molecule has 1 aromatic heterocycles. The maximum Gasteiger partial charge on any atom is 0.355 e. The summed E-state index contributed by atoms with van der Waals surface area (Å²) in [6.07, 6.45) is 2.32. The monoisotopic (exact) mass is 447 g/mol. The summed E-state index contributed by atoms with van der Waals surface area (Å²) in [6, 6.07) is 15.7. The number of Topliss-reactive ketones (excluding diaryl/α,β-unsaturated/α-hetero) is 1. The zero-order valence-electron chi connectivity index (χ0n) is 19.3. The van der Waals surface area contributed by atoms with Gasteiger partial charge in [0.2, 0.25) is 0 Å². The Labute approximate surface area is 193 Å². The molecular weight excluding hydrogens is 418 g/mol. The van der Waals surface area contributed by atoms with Crippen LogP contribution in [-0.2, 0) is 24.0 Å². The van der Waals surface area contributed by atoms with Gasteiger partial charge < -0.3 is 19.2 Å². The third-order valence-corrected chi connectivity index (χ3v) is 6.21. The van der Waals surface area contributed by atoms with Crippen LogP contribution < -0.4 is 9.47 Å². The number of ketones is 1. The Morgan fingerprint density at radius 1 is 1.00 bits per heavy atom. The summed E-state index contributed by atoms with van der Waals surface area (Å²) in [5.74, 6) is 1.26. The SMILES string of the molecule is CCOC(=O)c1[nH]c2c(c1CCc1cccc(OC)c1)C(=O)CC(c1ccc(OC)cc1)C2. The van der Waals surface area contributed by atoms with E-state index in [4.69, 9.17) is 14.2 Å². The summed E-state index contributed by atoms with van der Waals surface area (Å²) in [5.41, 5.74) is 4.79. The summed E-state index contributed by atoms with van der Waals surface area (Å²) in [6.45, 7) is 2.06. The maximum atomic E-state index is 13.3. The molecule has 0 radical (unpaired) electrons. The molecule has 1 aliphatic rings. The number of ether oxygens (including phenoxy) is 3. The van der Waals surface area contributed by atoms with Crippen LogP contribution in [0.15, 0.2) is 48.5 Å². The van der Waals surface area contributed by atoms with Gasteiger partial charge in [-0.2, -0.15) is 0 Å². The number of aromatic nitrogens is 1. The van der Waals surface area contributed by atoms with E-state index in [2.05, 4.69) is 4.98 Å². The molecule has 0 spiro atoms. The van der Waals surface area contributed by atoms with Crippen LogP contribution in [0, 0.1) is 0 Å². The van der Waals surface area contributed by atoms with Crippen LogP contribution in [0.2, 0.25) is 0 Å². The van der Waals surface area contributed by atoms with E-state index in [0.717, 1.165) is 33.9 Å². The molecule has 33 heavy (non-hydrogen) atoms. The van der Waals surface area contributed by atoms with E-state index >= 15 is 0 Å². The minimum atomic E-state index is -0.415. The van der Waals surface area contributed by atoms with Gasteiger partial charge in [0.25, 0.3) is 0 Å². The smallest absolute Gasteiger partial charge is 0.355 e. The number of H-pyrrole nitrogens is 1. The molecule has 0 bridgehead atoms. The molecular formula is C27H29NO5. The van der Waals surface area contributed by atoms with E-state index in [1.54, 1.807) is 21.1 Å².